The van der Waals surface area contributed by atoms with Gasteiger partial charge in [-0.2, -0.15) is 0 Å². The molecule has 2 aromatic carbocycles. The third kappa shape index (κ3) is 4.02. The maximum absolute atomic E-state index is 12.5. The molecule has 0 atom stereocenters. The zero-order chi connectivity index (χ0) is 20.3. The van der Waals surface area contributed by atoms with Crippen LogP contribution < -0.4 is 9.47 Å². The summed E-state index contributed by atoms with van der Waals surface area (Å²) in [6.45, 7) is 4.19. The Hall–Kier alpha value is -2.46. The molecule has 0 radical (unpaired) electrons. The van der Waals surface area contributed by atoms with Gasteiger partial charge in [0.25, 0.3) is 0 Å². The van der Waals surface area contributed by atoms with Crippen molar-refractivity contribution < 1.29 is 14.3 Å². The van der Waals surface area contributed by atoms with Gasteiger partial charge in [0.1, 0.15) is 0 Å². The number of hydrogen-bond donors (Lipinski definition) is 1. The van der Waals surface area contributed by atoms with Gasteiger partial charge in [-0.15, -0.1) is 0 Å². The number of halogens is 1. The molecule has 5 heteroatoms. The number of rotatable bonds is 8. The third-order valence-corrected chi connectivity index (χ3v) is 5.53. The maximum atomic E-state index is 12.5. The summed E-state index contributed by atoms with van der Waals surface area (Å²) in [6, 6.07) is 9.30. The molecule has 0 aliphatic rings. The summed E-state index contributed by atoms with van der Waals surface area (Å²) in [7, 11) is 3.16. The molecule has 0 spiro atoms. The molecule has 0 saturated heterocycles. The number of aromatic amines is 1. The van der Waals surface area contributed by atoms with Crippen LogP contribution in [0.25, 0.3) is 10.9 Å². The van der Waals surface area contributed by atoms with Gasteiger partial charge in [0.05, 0.1) is 24.8 Å². The normalized spacial score (nSPS) is 11.0. The van der Waals surface area contributed by atoms with Gasteiger partial charge in [0.2, 0.25) is 0 Å². The summed E-state index contributed by atoms with van der Waals surface area (Å²) in [5.41, 5.74) is 5.34. The molecule has 0 bridgehead atoms. The fraction of sp³-hybridized carbons (Fsp3) is 0.348. The number of aromatic nitrogens is 1. The summed E-state index contributed by atoms with van der Waals surface area (Å²) in [6.07, 6.45) is 3.21. The van der Waals surface area contributed by atoms with E-state index in [0.29, 0.717) is 23.5 Å². The van der Waals surface area contributed by atoms with Crippen LogP contribution >= 0.6 is 11.6 Å². The molecule has 3 aromatic rings. The van der Waals surface area contributed by atoms with Crippen molar-refractivity contribution in [1.29, 1.82) is 0 Å². The fourth-order valence-corrected chi connectivity index (χ4v) is 3.90. The predicted octanol–water partition coefficient (Wildman–Crippen LogP) is 6.05. The third-order valence-electron chi connectivity index (χ3n) is 5.22. The average molecular weight is 400 g/mol. The van der Waals surface area contributed by atoms with Crippen molar-refractivity contribution in [3.8, 4) is 11.5 Å². The van der Waals surface area contributed by atoms with Crippen molar-refractivity contribution in [1.82, 2.24) is 4.98 Å². The van der Waals surface area contributed by atoms with Crippen molar-refractivity contribution in [3.63, 3.8) is 0 Å². The second-order valence-corrected chi connectivity index (χ2v) is 7.45. The largest absolute Gasteiger partial charge is 0.493 e. The van der Waals surface area contributed by atoms with Gasteiger partial charge >= 0.3 is 0 Å². The smallest absolute Gasteiger partial charge is 0.163 e. The summed E-state index contributed by atoms with van der Waals surface area (Å²) in [5, 5.41) is 1.97. The molecular weight excluding hydrogens is 374 g/mol. The number of ketones is 1. The minimum Gasteiger partial charge on any atom is -0.493 e. The molecule has 0 unspecified atom stereocenters. The van der Waals surface area contributed by atoms with Crippen LogP contribution in [0.1, 0.15) is 46.4 Å². The Bertz CT molecular complexity index is 1010. The molecule has 4 nitrogen and oxygen atoms in total. The second kappa shape index (κ2) is 8.70. The number of benzene rings is 2. The Labute approximate surface area is 170 Å². The number of hydrogen-bond acceptors (Lipinski definition) is 3. The van der Waals surface area contributed by atoms with Crippen LogP contribution in [0.2, 0.25) is 5.02 Å². The Morgan fingerprint density at radius 3 is 2.50 bits per heavy atom. The Morgan fingerprint density at radius 1 is 1.04 bits per heavy atom. The van der Waals surface area contributed by atoms with Crippen molar-refractivity contribution >= 4 is 28.3 Å². The van der Waals surface area contributed by atoms with Crippen LogP contribution in [0.3, 0.4) is 0 Å². The highest BCUT2D eigenvalue weighted by atomic mass is 35.5. The van der Waals surface area contributed by atoms with E-state index in [1.165, 1.54) is 16.5 Å². The molecular formula is C23H26ClNO3. The molecule has 0 fully saturated rings. The lowest BCUT2D eigenvalue weighted by atomic mass is 9.99. The minimum atomic E-state index is 0.121. The van der Waals surface area contributed by atoms with Crippen molar-refractivity contribution in [3.05, 3.63) is 57.7 Å². The van der Waals surface area contributed by atoms with Crippen LogP contribution in [0, 0.1) is 13.8 Å². The Morgan fingerprint density at radius 2 is 1.79 bits per heavy atom. The first kappa shape index (κ1) is 20.3. The first-order valence-electron chi connectivity index (χ1n) is 9.47. The summed E-state index contributed by atoms with van der Waals surface area (Å²) < 4.78 is 10.5. The molecule has 28 heavy (non-hydrogen) atoms. The minimum absolute atomic E-state index is 0.121. The summed E-state index contributed by atoms with van der Waals surface area (Å²) in [4.78, 5) is 15.9. The molecule has 0 saturated carbocycles. The van der Waals surface area contributed by atoms with Gasteiger partial charge in [-0.05, 0) is 68.5 Å². The molecule has 1 heterocycles. The van der Waals surface area contributed by atoms with Crippen molar-refractivity contribution in [2.75, 3.05) is 14.2 Å². The quantitative estimate of drug-likeness (QED) is 0.370. The number of ether oxygens (including phenoxy) is 2. The molecule has 1 aromatic heterocycles. The Balaban J connectivity index is 1.64. The van der Waals surface area contributed by atoms with Gasteiger partial charge in [-0.1, -0.05) is 17.7 Å². The standard InChI is InChI=1S/C23H26ClNO3/c1-14-9-11-18(24)23-22(14)17(15(2)25-23)7-5-6-8-19(26)16-10-12-20(27-3)21(13-16)28-4/h9-13,25H,5-8H2,1-4H3. The highest BCUT2D eigenvalue weighted by Crippen LogP contribution is 2.32. The van der Waals surface area contributed by atoms with E-state index in [0.717, 1.165) is 35.5 Å². The molecule has 0 aliphatic carbocycles. The first-order valence-corrected chi connectivity index (χ1v) is 9.85. The van der Waals surface area contributed by atoms with Crippen molar-refractivity contribution in [2.24, 2.45) is 0 Å². The second-order valence-electron chi connectivity index (χ2n) is 7.04. The van der Waals surface area contributed by atoms with Gasteiger partial charge in [0.15, 0.2) is 17.3 Å². The molecule has 148 valence electrons. The van der Waals surface area contributed by atoms with E-state index >= 15 is 0 Å². The van der Waals surface area contributed by atoms with Crippen molar-refractivity contribution in [2.45, 2.75) is 39.5 Å². The van der Waals surface area contributed by atoms with E-state index in [1.54, 1.807) is 32.4 Å². The molecule has 0 aliphatic heterocycles. The van der Waals surface area contributed by atoms with Crippen LogP contribution in [-0.4, -0.2) is 25.0 Å². The lowest BCUT2D eigenvalue weighted by molar-refractivity contribution is 0.0979. The summed E-state index contributed by atoms with van der Waals surface area (Å²) >= 11 is 6.34. The number of fused-ring (bicyclic) bond motifs is 1. The van der Waals surface area contributed by atoms with E-state index in [2.05, 4.69) is 24.9 Å². The predicted molar refractivity (Wildman–Crippen MR) is 114 cm³/mol. The number of H-pyrrole nitrogens is 1. The lowest BCUT2D eigenvalue weighted by Gasteiger charge is -2.09. The topological polar surface area (TPSA) is 51.3 Å². The molecule has 0 amide bonds. The molecule has 1 N–H and O–H groups in total. The fourth-order valence-electron chi connectivity index (χ4n) is 3.70. The van der Waals surface area contributed by atoms with E-state index in [9.17, 15) is 4.79 Å². The van der Waals surface area contributed by atoms with Crippen LogP contribution in [-0.2, 0) is 6.42 Å². The van der Waals surface area contributed by atoms with E-state index in [1.807, 2.05) is 6.07 Å². The van der Waals surface area contributed by atoms with E-state index in [4.69, 9.17) is 21.1 Å². The van der Waals surface area contributed by atoms with Crippen LogP contribution in [0.15, 0.2) is 30.3 Å². The number of methoxy groups -OCH3 is 2. The Kier molecular flexibility index (Phi) is 6.30. The number of unbranched alkanes of at least 4 members (excludes halogenated alkanes) is 1. The average Bonchev–Trinajstić information content (AvgIpc) is 3.04. The highest BCUT2D eigenvalue weighted by molar-refractivity contribution is 6.35. The van der Waals surface area contributed by atoms with Crippen LogP contribution in [0.4, 0.5) is 0 Å². The maximum Gasteiger partial charge on any atom is 0.163 e. The zero-order valence-corrected chi connectivity index (χ0v) is 17.6. The number of aryl methyl sites for hydroxylation is 3. The van der Waals surface area contributed by atoms with E-state index < -0.39 is 0 Å². The van der Waals surface area contributed by atoms with E-state index in [-0.39, 0.29) is 5.78 Å². The zero-order valence-electron chi connectivity index (χ0n) is 16.8. The number of carbonyl (C=O) groups is 1. The number of nitrogens with one attached hydrogen (secondary N) is 1. The monoisotopic (exact) mass is 399 g/mol. The first-order chi connectivity index (χ1) is 13.5. The highest BCUT2D eigenvalue weighted by Gasteiger charge is 2.14. The molecule has 3 rings (SSSR count). The van der Waals surface area contributed by atoms with Gasteiger partial charge in [0, 0.05) is 23.1 Å². The van der Waals surface area contributed by atoms with Gasteiger partial charge in [-0.25, -0.2) is 0 Å². The van der Waals surface area contributed by atoms with Gasteiger partial charge < -0.3 is 14.5 Å². The van der Waals surface area contributed by atoms with Crippen LogP contribution in [0.5, 0.6) is 11.5 Å². The lowest BCUT2D eigenvalue weighted by Crippen LogP contribution is -2.01. The summed E-state index contributed by atoms with van der Waals surface area (Å²) in [5.74, 6) is 1.33. The number of Topliss-reactive ketones (excluding diaryl/α,β-unsaturated/α-hetero) is 1. The number of carbonyl (C=O) groups excluding carboxylic acids is 1. The SMILES string of the molecule is COc1ccc(C(=O)CCCCc2c(C)[nH]c3c(Cl)ccc(C)c23)cc1OC. The van der Waals surface area contributed by atoms with Gasteiger partial charge in [-0.3, -0.25) is 4.79 Å².